The fraction of sp³-hybridized carbons (Fsp3) is 0.667. The van der Waals surface area contributed by atoms with Gasteiger partial charge in [-0.1, -0.05) is 13.8 Å². The van der Waals surface area contributed by atoms with Crippen molar-refractivity contribution in [3.8, 4) is 0 Å². The minimum absolute atomic E-state index is 0.186. The Morgan fingerprint density at radius 3 is 2.50 bits per heavy atom. The van der Waals surface area contributed by atoms with Crippen LogP contribution in [0.5, 0.6) is 0 Å². The van der Waals surface area contributed by atoms with E-state index in [0.29, 0.717) is 11.8 Å². The monoisotopic (exact) mass is 212 g/mol. The first kappa shape index (κ1) is 11.7. The third kappa shape index (κ3) is 3.43. The number of aliphatic hydroxyl groups excluding tert-OH is 1. The van der Waals surface area contributed by atoms with Crippen molar-refractivity contribution in [1.29, 1.82) is 0 Å². The molecule has 80 valence electrons. The molecule has 1 aromatic rings. The molecule has 1 nitrogen and oxygen atoms in total. The largest absolute Gasteiger partial charge is 0.393 e. The highest BCUT2D eigenvalue weighted by Crippen LogP contribution is 2.22. The van der Waals surface area contributed by atoms with Gasteiger partial charge in [0.25, 0.3) is 0 Å². The molecule has 0 saturated heterocycles. The SMILES string of the molecule is CC(C)C(CCc1ccsc1)C(C)O. The number of hydrogen-bond acceptors (Lipinski definition) is 2. The Kier molecular flexibility index (Phi) is 4.63. The molecule has 0 spiro atoms. The van der Waals surface area contributed by atoms with Gasteiger partial charge >= 0.3 is 0 Å². The van der Waals surface area contributed by atoms with Crippen LogP contribution in [0.2, 0.25) is 0 Å². The molecule has 0 aliphatic heterocycles. The average Bonchev–Trinajstić information content (AvgIpc) is 2.55. The van der Waals surface area contributed by atoms with Crippen LogP contribution in [-0.4, -0.2) is 11.2 Å². The summed E-state index contributed by atoms with van der Waals surface area (Å²) < 4.78 is 0. The summed E-state index contributed by atoms with van der Waals surface area (Å²) in [4.78, 5) is 0. The smallest absolute Gasteiger partial charge is 0.0542 e. The molecule has 0 fully saturated rings. The van der Waals surface area contributed by atoms with E-state index < -0.39 is 0 Å². The van der Waals surface area contributed by atoms with Gasteiger partial charge in [-0.05, 0) is 54.0 Å². The molecule has 2 heteroatoms. The molecule has 1 heterocycles. The Hall–Kier alpha value is -0.340. The van der Waals surface area contributed by atoms with Crippen molar-refractivity contribution in [2.45, 2.75) is 39.7 Å². The molecule has 14 heavy (non-hydrogen) atoms. The summed E-state index contributed by atoms with van der Waals surface area (Å²) in [6.45, 7) is 6.27. The molecule has 1 N–H and O–H groups in total. The number of aryl methyl sites for hydroxylation is 1. The first-order valence-electron chi connectivity index (χ1n) is 5.30. The lowest BCUT2D eigenvalue weighted by molar-refractivity contribution is 0.0922. The Labute approximate surface area is 90.8 Å². The van der Waals surface area contributed by atoms with E-state index in [1.54, 1.807) is 11.3 Å². The molecule has 0 radical (unpaired) electrons. The lowest BCUT2D eigenvalue weighted by atomic mass is 9.86. The van der Waals surface area contributed by atoms with Crippen LogP contribution in [0.15, 0.2) is 16.8 Å². The summed E-state index contributed by atoms with van der Waals surface area (Å²) >= 11 is 1.75. The lowest BCUT2D eigenvalue weighted by Gasteiger charge is -2.23. The summed E-state index contributed by atoms with van der Waals surface area (Å²) in [7, 11) is 0. The van der Waals surface area contributed by atoms with Gasteiger partial charge in [-0.3, -0.25) is 0 Å². The first-order valence-corrected chi connectivity index (χ1v) is 6.24. The number of thiophene rings is 1. The quantitative estimate of drug-likeness (QED) is 0.793. The Morgan fingerprint density at radius 2 is 2.07 bits per heavy atom. The number of aliphatic hydroxyl groups is 1. The molecule has 0 saturated carbocycles. The second-order valence-corrected chi connectivity index (χ2v) is 5.10. The summed E-state index contributed by atoms with van der Waals surface area (Å²) in [6.07, 6.45) is 2.00. The maximum atomic E-state index is 9.61. The average molecular weight is 212 g/mol. The van der Waals surface area contributed by atoms with Crippen molar-refractivity contribution < 1.29 is 5.11 Å². The van der Waals surface area contributed by atoms with Crippen LogP contribution in [0.25, 0.3) is 0 Å². The van der Waals surface area contributed by atoms with Crippen molar-refractivity contribution in [2.75, 3.05) is 0 Å². The zero-order valence-corrected chi connectivity index (χ0v) is 10.1. The van der Waals surface area contributed by atoms with Crippen molar-refractivity contribution in [2.24, 2.45) is 11.8 Å². The molecule has 1 aromatic heterocycles. The van der Waals surface area contributed by atoms with E-state index >= 15 is 0 Å². The van der Waals surface area contributed by atoms with Crippen molar-refractivity contribution >= 4 is 11.3 Å². The second kappa shape index (κ2) is 5.52. The zero-order chi connectivity index (χ0) is 10.6. The molecule has 0 amide bonds. The predicted molar refractivity (Wildman–Crippen MR) is 62.6 cm³/mol. The van der Waals surface area contributed by atoms with E-state index in [-0.39, 0.29) is 6.10 Å². The summed E-state index contributed by atoms with van der Waals surface area (Å²) in [5.74, 6) is 0.989. The zero-order valence-electron chi connectivity index (χ0n) is 9.23. The van der Waals surface area contributed by atoms with E-state index in [4.69, 9.17) is 0 Å². The standard InChI is InChI=1S/C12H20OS/c1-9(2)12(10(3)13)5-4-11-6-7-14-8-11/h6-10,12-13H,4-5H2,1-3H3. The third-order valence-corrected chi connectivity index (χ3v) is 3.55. The summed E-state index contributed by atoms with van der Waals surface area (Å²) in [6, 6.07) is 2.17. The van der Waals surface area contributed by atoms with Gasteiger partial charge in [0.05, 0.1) is 6.10 Å². The molecular weight excluding hydrogens is 192 g/mol. The first-order chi connectivity index (χ1) is 6.61. The number of rotatable bonds is 5. The summed E-state index contributed by atoms with van der Waals surface area (Å²) in [5.41, 5.74) is 1.40. The van der Waals surface area contributed by atoms with Gasteiger partial charge in [0, 0.05) is 0 Å². The van der Waals surface area contributed by atoms with Crippen molar-refractivity contribution in [3.05, 3.63) is 22.4 Å². The van der Waals surface area contributed by atoms with Gasteiger partial charge in [0.1, 0.15) is 0 Å². The Balaban J connectivity index is 2.41. The molecule has 0 aromatic carbocycles. The highest BCUT2D eigenvalue weighted by molar-refractivity contribution is 7.07. The van der Waals surface area contributed by atoms with Gasteiger partial charge in [-0.15, -0.1) is 0 Å². The van der Waals surface area contributed by atoms with Gasteiger partial charge in [0.15, 0.2) is 0 Å². The maximum absolute atomic E-state index is 9.61. The predicted octanol–water partition coefficient (Wildman–Crippen LogP) is 3.33. The van der Waals surface area contributed by atoms with Crippen LogP contribution in [0.3, 0.4) is 0 Å². The minimum atomic E-state index is -0.186. The maximum Gasteiger partial charge on any atom is 0.0542 e. The molecule has 1 rings (SSSR count). The Bertz CT molecular complexity index is 231. The third-order valence-electron chi connectivity index (χ3n) is 2.82. The Morgan fingerprint density at radius 1 is 1.36 bits per heavy atom. The van der Waals surface area contributed by atoms with Crippen LogP contribution >= 0.6 is 11.3 Å². The van der Waals surface area contributed by atoms with Gasteiger partial charge < -0.3 is 5.11 Å². The lowest BCUT2D eigenvalue weighted by Crippen LogP contribution is -2.22. The van der Waals surface area contributed by atoms with Crippen molar-refractivity contribution in [3.63, 3.8) is 0 Å². The van der Waals surface area contributed by atoms with Gasteiger partial charge in [-0.25, -0.2) is 0 Å². The van der Waals surface area contributed by atoms with Crippen LogP contribution in [0.1, 0.15) is 32.8 Å². The van der Waals surface area contributed by atoms with Crippen LogP contribution < -0.4 is 0 Å². The van der Waals surface area contributed by atoms with E-state index in [0.717, 1.165) is 12.8 Å². The van der Waals surface area contributed by atoms with Crippen molar-refractivity contribution in [1.82, 2.24) is 0 Å². The van der Waals surface area contributed by atoms with E-state index in [1.165, 1.54) is 5.56 Å². The van der Waals surface area contributed by atoms with E-state index in [1.807, 2.05) is 6.92 Å². The fourth-order valence-corrected chi connectivity index (χ4v) is 2.60. The minimum Gasteiger partial charge on any atom is -0.393 e. The van der Waals surface area contributed by atoms with Crippen LogP contribution in [-0.2, 0) is 6.42 Å². The number of hydrogen-bond donors (Lipinski definition) is 1. The van der Waals surface area contributed by atoms with Gasteiger partial charge in [0.2, 0.25) is 0 Å². The molecule has 2 atom stereocenters. The summed E-state index contributed by atoms with van der Waals surface area (Å²) in [5, 5.41) is 13.9. The van der Waals surface area contributed by atoms with Crippen LogP contribution in [0, 0.1) is 11.8 Å². The van der Waals surface area contributed by atoms with E-state index in [9.17, 15) is 5.11 Å². The highest BCUT2D eigenvalue weighted by Gasteiger charge is 2.18. The normalized spacial score (nSPS) is 15.8. The molecule has 0 bridgehead atoms. The fourth-order valence-electron chi connectivity index (χ4n) is 1.90. The molecular formula is C12H20OS. The topological polar surface area (TPSA) is 20.2 Å². The second-order valence-electron chi connectivity index (χ2n) is 4.32. The molecule has 2 unspecified atom stereocenters. The molecule has 0 aliphatic rings. The molecule has 0 aliphatic carbocycles. The highest BCUT2D eigenvalue weighted by atomic mass is 32.1. The van der Waals surface area contributed by atoms with Gasteiger partial charge in [-0.2, -0.15) is 11.3 Å². The van der Waals surface area contributed by atoms with Crippen LogP contribution in [0.4, 0.5) is 0 Å². The van der Waals surface area contributed by atoms with E-state index in [2.05, 4.69) is 30.7 Å².